The van der Waals surface area contributed by atoms with E-state index in [-0.39, 0.29) is 43.6 Å². The van der Waals surface area contributed by atoms with Gasteiger partial charge in [-0.05, 0) is 81.7 Å². The number of unbranched alkanes of at least 4 members (excludes halogenated alkanes) is 3. The van der Waals surface area contributed by atoms with Crippen LogP contribution in [0.5, 0.6) is 0 Å². The van der Waals surface area contributed by atoms with Crippen molar-refractivity contribution in [3.8, 4) is 0 Å². The Hall–Kier alpha value is -4.73. The Kier molecular flexibility index (Phi) is 23.6. The number of nitrogens with zero attached hydrogens (tertiary/aromatic N) is 1. The van der Waals surface area contributed by atoms with Gasteiger partial charge in [-0.1, -0.05) is 89.1 Å². The largest absolute Gasteiger partial charge is 0.480 e. The van der Waals surface area contributed by atoms with Crippen molar-refractivity contribution in [1.29, 1.82) is 0 Å². The minimum Gasteiger partial charge on any atom is -0.480 e. The Balaban J connectivity index is 2.11. The van der Waals surface area contributed by atoms with Gasteiger partial charge in [0.25, 0.3) is 0 Å². The standard InChI is InChI=1S/C41H69N9O7/c1-28(2)25-33(48-36(52)27-46-37(53)34(26-30-17-9-6-10-18-30)47-35(51)22-11-3-4-12-23-42)39(55)49-31(20-13-19-29-15-7-5-8-16-29)38(54)50-32(40(56)57)21-14-24-45-41(43)44/h5,7-8,15-16,28,30-34H,3-4,6,9-14,17-27,42H2,1-2H3,(H,46,53)(H,47,51)(H,48,52)(H,49,55)(H,50,54)(H,56,57)(H4,43,44,45)/t31-,32+,33+,34+/m1/s1. The number of carbonyl (C=O) groups excluding carboxylic acids is 5. The Bertz CT molecular complexity index is 1420. The fourth-order valence-corrected chi connectivity index (χ4v) is 7.01. The van der Waals surface area contributed by atoms with E-state index in [1.165, 1.54) is 0 Å². The Labute approximate surface area is 338 Å². The topological polar surface area (TPSA) is 273 Å². The number of aliphatic carboxylic acids is 1. The normalized spacial score (nSPS) is 15.0. The molecule has 16 heteroatoms. The van der Waals surface area contributed by atoms with Crippen LogP contribution in [0.3, 0.4) is 0 Å². The van der Waals surface area contributed by atoms with E-state index < -0.39 is 60.3 Å². The summed E-state index contributed by atoms with van der Waals surface area (Å²) in [6.07, 6.45) is 11.4. The molecule has 1 fully saturated rings. The van der Waals surface area contributed by atoms with Gasteiger partial charge in [0, 0.05) is 13.0 Å². The highest BCUT2D eigenvalue weighted by Gasteiger charge is 2.31. The van der Waals surface area contributed by atoms with Crippen LogP contribution < -0.4 is 43.8 Å². The predicted octanol–water partition coefficient (Wildman–Crippen LogP) is 2.13. The second kappa shape index (κ2) is 27.8. The van der Waals surface area contributed by atoms with Gasteiger partial charge in [-0.15, -0.1) is 0 Å². The van der Waals surface area contributed by atoms with Crippen LogP contribution in [0.2, 0.25) is 0 Å². The number of benzene rings is 1. The molecule has 1 saturated carbocycles. The average Bonchev–Trinajstić information content (AvgIpc) is 3.17. The maximum absolute atomic E-state index is 13.8. The Morgan fingerprint density at radius 2 is 1.37 bits per heavy atom. The fraction of sp³-hybridized carbons (Fsp3) is 0.683. The van der Waals surface area contributed by atoms with E-state index >= 15 is 0 Å². The zero-order valence-electron chi connectivity index (χ0n) is 34.1. The second-order valence-corrected chi connectivity index (χ2v) is 15.6. The highest BCUT2D eigenvalue weighted by Crippen LogP contribution is 2.27. The summed E-state index contributed by atoms with van der Waals surface area (Å²) in [5.41, 5.74) is 17.3. The van der Waals surface area contributed by atoms with Crippen LogP contribution in [0.4, 0.5) is 0 Å². The number of carboxylic acid groups (broad SMARTS) is 1. The lowest BCUT2D eigenvalue weighted by Crippen LogP contribution is -2.57. The summed E-state index contributed by atoms with van der Waals surface area (Å²) < 4.78 is 0. The maximum atomic E-state index is 13.8. The summed E-state index contributed by atoms with van der Waals surface area (Å²) in [6.45, 7) is 4.14. The summed E-state index contributed by atoms with van der Waals surface area (Å²) in [7, 11) is 0. The molecule has 0 heterocycles. The van der Waals surface area contributed by atoms with Crippen molar-refractivity contribution in [3.05, 3.63) is 35.9 Å². The number of hydrogen-bond acceptors (Lipinski definition) is 8. The quantitative estimate of drug-likeness (QED) is 0.0338. The molecule has 5 amide bonds. The second-order valence-electron chi connectivity index (χ2n) is 15.6. The molecule has 0 radical (unpaired) electrons. The molecule has 1 aromatic carbocycles. The van der Waals surface area contributed by atoms with Gasteiger partial charge in [0.1, 0.15) is 24.2 Å². The first-order valence-corrected chi connectivity index (χ1v) is 20.8. The van der Waals surface area contributed by atoms with E-state index in [4.69, 9.17) is 17.2 Å². The molecule has 1 aliphatic rings. The molecule has 16 nitrogen and oxygen atoms in total. The van der Waals surface area contributed by atoms with Crippen molar-refractivity contribution < 1.29 is 33.9 Å². The van der Waals surface area contributed by atoms with Crippen molar-refractivity contribution in [2.24, 2.45) is 34.0 Å². The van der Waals surface area contributed by atoms with Crippen LogP contribution in [-0.4, -0.2) is 90.4 Å². The monoisotopic (exact) mass is 800 g/mol. The number of guanidine groups is 1. The first kappa shape index (κ1) is 48.4. The zero-order valence-corrected chi connectivity index (χ0v) is 34.1. The van der Waals surface area contributed by atoms with Gasteiger partial charge < -0.3 is 48.9 Å². The molecule has 57 heavy (non-hydrogen) atoms. The lowest BCUT2D eigenvalue weighted by molar-refractivity contribution is -0.142. The van der Waals surface area contributed by atoms with Gasteiger partial charge in [0.15, 0.2) is 5.96 Å². The third-order valence-electron chi connectivity index (χ3n) is 10.1. The van der Waals surface area contributed by atoms with Gasteiger partial charge in [0.05, 0.1) is 6.54 Å². The minimum absolute atomic E-state index is 0.0343. The average molecular weight is 800 g/mol. The zero-order chi connectivity index (χ0) is 42.0. The maximum Gasteiger partial charge on any atom is 0.326 e. The summed E-state index contributed by atoms with van der Waals surface area (Å²) in [6, 6.07) is 5.43. The molecule has 0 aromatic heterocycles. The van der Waals surface area contributed by atoms with Crippen molar-refractivity contribution in [1.82, 2.24) is 26.6 Å². The van der Waals surface area contributed by atoms with Crippen LogP contribution in [-0.2, 0) is 35.2 Å². The predicted molar refractivity (Wildman–Crippen MR) is 220 cm³/mol. The van der Waals surface area contributed by atoms with Gasteiger partial charge in [-0.3, -0.25) is 29.0 Å². The van der Waals surface area contributed by atoms with Crippen LogP contribution in [0, 0.1) is 11.8 Å². The van der Waals surface area contributed by atoms with Crippen LogP contribution in [0.25, 0.3) is 0 Å². The third kappa shape index (κ3) is 21.4. The molecule has 320 valence electrons. The first-order valence-electron chi connectivity index (χ1n) is 20.8. The van der Waals surface area contributed by atoms with Gasteiger partial charge >= 0.3 is 5.97 Å². The number of aryl methyl sites for hydroxylation is 1. The summed E-state index contributed by atoms with van der Waals surface area (Å²) in [5, 5.41) is 23.4. The van der Waals surface area contributed by atoms with E-state index in [1.54, 1.807) is 0 Å². The van der Waals surface area contributed by atoms with Crippen LogP contribution >= 0.6 is 0 Å². The number of nitrogens with two attached hydrogens (primary N) is 3. The first-order chi connectivity index (χ1) is 27.3. The molecule has 0 saturated heterocycles. The van der Waals surface area contributed by atoms with Crippen molar-refractivity contribution >= 4 is 41.5 Å². The molecule has 0 unspecified atom stereocenters. The van der Waals surface area contributed by atoms with E-state index in [0.717, 1.165) is 56.9 Å². The summed E-state index contributed by atoms with van der Waals surface area (Å²) in [4.78, 5) is 82.8. The number of carboxylic acids is 1. The third-order valence-corrected chi connectivity index (χ3v) is 10.1. The van der Waals surface area contributed by atoms with Crippen molar-refractivity contribution in [3.63, 3.8) is 0 Å². The highest BCUT2D eigenvalue weighted by atomic mass is 16.4. The van der Waals surface area contributed by atoms with Crippen molar-refractivity contribution in [2.45, 2.75) is 147 Å². The fourth-order valence-electron chi connectivity index (χ4n) is 7.01. The van der Waals surface area contributed by atoms with Crippen LogP contribution in [0.1, 0.15) is 122 Å². The number of aliphatic imine (C=N–C) groups is 1. The Morgan fingerprint density at radius 1 is 0.737 bits per heavy atom. The van der Waals surface area contributed by atoms with Gasteiger partial charge in [-0.25, -0.2) is 4.79 Å². The molecule has 1 aliphatic carbocycles. The lowest BCUT2D eigenvalue weighted by atomic mass is 9.84. The smallest absolute Gasteiger partial charge is 0.326 e. The minimum atomic E-state index is -1.25. The highest BCUT2D eigenvalue weighted by molar-refractivity contribution is 5.95. The molecule has 0 spiro atoms. The molecule has 0 aliphatic heterocycles. The van der Waals surface area contributed by atoms with E-state index in [9.17, 15) is 33.9 Å². The molecule has 4 atom stereocenters. The molecule has 1 aromatic rings. The van der Waals surface area contributed by atoms with E-state index in [1.807, 2.05) is 44.2 Å². The van der Waals surface area contributed by atoms with Gasteiger partial charge in [0.2, 0.25) is 29.5 Å². The molecular formula is C41H69N9O7. The number of nitrogens with one attached hydrogen (secondary N) is 5. The summed E-state index contributed by atoms with van der Waals surface area (Å²) in [5.74, 6) is -3.67. The van der Waals surface area contributed by atoms with E-state index in [2.05, 4.69) is 31.6 Å². The SMILES string of the molecule is CC(C)C[C@H](NC(=O)CNC(=O)[C@H](CC1CCCCC1)NC(=O)CCCCCCN)C(=O)N[C@H](CCCc1ccccc1)C(=O)N[C@@H](CCCN=C(N)N)C(=O)O. The number of amides is 5. The molecular weight excluding hydrogens is 731 g/mol. The van der Waals surface area contributed by atoms with Crippen molar-refractivity contribution in [2.75, 3.05) is 19.6 Å². The number of rotatable bonds is 28. The summed E-state index contributed by atoms with van der Waals surface area (Å²) >= 11 is 0. The number of carbonyl (C=O) groups is 6. The van der Waals surface area contributed by atoms with E-state index in [0.29, 0.717) is 51.0 Å². The molecule has 12 N–H and O–H groups in total. The lowest BCUT2D eigenvalue weighted by Gasteiger charge is -2.27. The molecule has 0 bridgehead atoms. The van der Waals surface area contributed by atoms with Gasteiger partial charge in [-0.2, -0.15) is 0 Å². The molecule has 2 rings (SSSR count). The van der Waals surface area contributed by atoms with Crippen LogP contribution in [0.15, 0.2) is 35.3 Å². The number of hydrogen-bond donors (Lipinski definition) is 9. The Morgan fingerprint density at radius 3 is 2.02 bits per heavy atom.